The van der Waals surface area contributed by atoms with Crippen molar-refractivity contribution >= 4 is 29.7 Å². The van der Waals surface area contributed by atoms with Gasteiger partial charge in [0.1, 0.15) is 0 Å². The fourth-order valence-corrected chi connectivity index (χ4v) is 2.16. The van der Waals surface area contributed by atoms with E-state index < -0.39 is 11.7 Å². The van der Waals surface area contributed by atoms with Crippen LogP contribution in [0.2, 0.25) is 0 Å². The van der Waals surface area contributed by atoms with Gasteiger partial charge < -0.3 is 11.1 Å². The lowest BCUT2D eigenvalue weighted by Crippen LogP contribution is -2.33. The molecule has 2 nitrogen and oxygen atoms in total. The Bertz CT molecular complexity index is 374. The Kier molecular flexibility index (Phi) is 6.97. The van der Waals surface area contributed by atoms with Gasteiger partial charge in [-0.3, -0.25) is 0 Å². The Morgan fingerprint density at radius 1 is 1.05 bits per heavy atom. The zero-order valence-corrected chi connectivity index (χ0v) is 11.9. The number of piperidine rings is 1. The molecule has 110 valence electrons. The third-order valence-corrected chi connectivity index (χ3v) is 3.42. The summed E-state index contributed by atoms with van der Waals surface area (Å²) in [4.78, 5) is 2.07. The summed E-state index contributed by atoms with van der Waals surface area (Å²) in [5, 5.41) is 0.195. The molecule has 1 aliphatic rings. The number of benzene rings is 1. The first-order valence-electron chi connectivity index (χ1n) is 5.53. The van der Waals surface area contributed by atoms with E-state index in [1.807, 2.05) is 0 Å². The van der Waals surface area contributed by atoms with Crippen LogP contribution >= 0.6 is 24.0 Å². The smallest absolute Gasteiger partial charge is 0.371 e. The molecule has 3 N–H and O–H groups in total. The highest BCUT2D eigenvalue weighted by molar-refractivity contribution is 6.20. The number of nitrogens with zero attached hydrogens (tertiary/aromatic N) is 1. The van der Waals surface area contributed by atoms with E-state index in [1.165, 1.54) is 12.1 Å². The van der Waals surface area contributed by atoms with Gasteiger partial charge in [0.25, 0.3) is 0 Å². The van der Waals surface area contributed by atoms with Crippen LogP contribution < -0.4 is 11.1 Å². The van der Waals surface area contributed by atoms with Gasteiger partial charge in [0.15, 0.2) is 0 Å². The predicted octanol–water partition coefficient (Wildman–Crippen LogP) is 4.50. The van der Waals surface area contributed by atoms with E-state index in [0.717, 1.165) is 43.8 Å². The summed E-state index contributed by atoms with van der Waals surface area (Å²) in [5.74, 6) is 0. The van der Waals surface area contributed by atoms with Crippen LogP contribution in [0.5, 0.6) is 0 Å². The van der Waals surface area contributed by atoms with E-state index in [0.29, 0.717) is 0 Å². The Morgan fingerprint density at radius 2 is 1.53 bits per heavy atom. The van der Waals surface area contributed by atoms with Gasteiger partial charge in [-0.2, -0.15) is 13.2 Å². The normalized spacial score (nSPS) is 16.5. The SMILES string of the molecule is Cl.FC(F)(F)c1ccc(N2CCC(Cl)CC2)cc1.N. The van der Waals surface area contributed by atoms with Crippen molar-refractivity contribution in [2.75, 3.05) is 18.0 Å². The summed E-state index contributed by atoms with van der Waals surface area (Å²) in [7, 11) is 0. The standard InChI is InChI=1S/C12H13ClF3N.ClH.H3N/c13-10-5-7-17(8-6-10)11-3-1-9(2-4-11)12(14,15)16;;/h1-4,10H,5-8H2;1H;1H3. The zero-order valence-electron chi connectivity index (χ0n) is 10.3. The Morgan fingerprint density at radius 3 is 1.95 bits per heavy atom. The maximum atomic E-state index is 12.4. The number of alkyl halides is 4. The zero-order chi connectivity index (χ0) is 12.5. The third kappa shape index (κ3) is 4.75. The largest absolute Gasteiger partial charge is 0.416 e. The molecular formula is C12H17Cl2F3N2. The average molecular weight is 317 g/mol. The fraction of sp³-hybridized carbons (Fsp3) is 0.500. The quantitative estimate of drug-likeness (QED) is 0.775. The molecule has 0 spiro atoms. The van der Waals surface area contributed by atoms with Gasteiger partial charge in [-0.05, 0) is 37.1 Å². The highest BCUT2D eigenvalue weighted by Gasteiger charge is 2.30. The molecule has 0 aromatic heterocycles. The van der Waals surface area contributed by atoms with Crippen LogP contribution in [0.1, 0.15) is 18.4 Å². The van der Waals surface area contributed by atoms with Gasteiger partial charge >= 0.3 is 6.18 Å². The lowest BCUT2D eigenvalue weighted by molar-refractivity contribution is -0.137. The van der Waals surface area contributed by atoms with Crippen molar-refractivity contribution in [1.82, 2.24) is 6.15 Å². The highest BCUT2D eigenvalue weighted by atomic mass is 35.5. The second kappa shape index (κ2) is 7.22. The van der Waals surface area contributed by atoms with Crippen LogP contribution in [-0.2, 0) is 6.18 Å². The molecule has 1 aliphatic heterocycles. The minimum atomic E-state index is -4.26. The molecule has 7 heteroatoms. The van der Waals surface area contributed by atoms with E-state index in [4.69, 9.17) is 11.6 Å². The molecule has 0 saturated carbocycles. The maximum absolute atomic E-state index is 12.4. The molecule has 0 radical (unpaired) electrons. The lowest BCUT2D eigenvalue weighted by Gasteiger charge is -2.31. The van der Waals surface area contributed by atoms with Crippen LogP contribution in [0.3, 0.4) is 0 Å². The molecule has 1 fully saturated rings. The van der Waals surface area contributed by atoms with E-state index >= 15 is 0 Å². The van der Waals surface area contributed by atoms with Gasteiger partial charge in [0.2, 0.25) is 0 Å². The van der Waals surface area contributed by atoms with Gasteiger partial charge in [-0.25, -0.2) is 0 Å². The van der Waals surface area contributed by atoms with Crippen LogP contribution in [-0.4, -0.2) is 18.5 Å². The van der Waals surface area contributed by atoms with Crippen LogP contribution in [0.15, 0.2) is 24.3 Å². The molecule has 1 saturated heterocycles. The average Bonchev–Trinajstić information content (AvgIpc) is 2.29. The van der Waals surface area contributed by atoms with Crippen molar-refractivity contribution in [3.63, 3.8) is 0 Å². The molecule has 0 bridgehead atoms. The second-order valence-corrected chi connectivity index (χ2v) is 4.82. The van der Waals surface area contributed by atoms with E-state index in [2.05, 4.69) is 4.90 Å². The minimum absolute atomic E-state index is 0. The van der Waals surface area contributed by atoms with Crippen molar-refractivity contribution in [3.8, 4) is 0 Å². The summed E-state index contributed by atoms with van der Waals surface area (Å²) >= 11 is 5.98. The first-order chi connectivity index (χ1) is 7.97. The van der Waals surface area contributed by atoms with E-state index in [9.17, 15) is 13.2 Å². The van der Waals surface area contributed by atoms with Gasteiger partial charge in [-0.15, -0.1) is 24.0 Å². The first kappa shape index (κ1) is 18.4. The highest BCUT2D eigenvalue weighted by Crippen LogP contribution is 2.31. The number of halogens is 5. The Balaban J connectivity index is 0.00000162. The molecule has 1 aromatic rings. The molecule has 0 amide bonds. The minimum Gasteiger partial charge on any atom is -0.371 e. The summed E-state index contributed by atoms with van der Waals surface area (Å²) in [6.07, 6.45) is -2.51. The fourth-order valence-electron chi connectivity index (χ4n) is 1.97. The molecule has 1 aromatic carbocycles. The monoisotopic (exact) mass is 316 g/mol. The summed E-state index contributed by atoms with van der Waals surface area (Å²) in [6, 6.07) is 5.30. The molecule has 2 rings (SSSR count). The molecule has 19 heavy (non-hydrogen) atoms. The van der Waals surface area contributed by atoms with Crippen LogP contribution in [0.4, 0.5) is 18.9 Å². The molecule has 0 unspecified atom stereocenters. The van der Waals surface area contributed by atoms with Crippen molar-refractivity contribution in [2.45, 2.75) is 24.4 Å². The lowest BCUT2D eigenvalue weighted by atomic mass is 10.1. The van der Waals surface area contributed by atoms with Gasteiger partial charge in [0, 0.05) is 24.2 Å². The maximum Gasteiger partial charge on any atom is 0.416 e. The molecule has 0 atom stereocenters. The van der Waals surface area contributed by atoms with Crippen LogP contribution in [0, 0.1) is 0 Å². The van der Waals surface area contributed by atoms with Crippen LogP contribution in [0.25, 0.3) is 0 Å². The number of hydrogen-bond acceptors (Lipinski definition) is 2. The second-order valence-electron chi connectivity index (χ2n) is 4.21. The topological polar surface area (TPSA) is 38.2 Å². The Labute approximate surface area is 121 Å². The summed E-state index contributed by atoms with van der Waals surface area (Å²) in [6.45, 7) is 1.61. The first-order valence-corrected chi connectivity index (χ1v) is 5.97. The third-order valence-electron chi connectivity index (χ3n) is 2.98. The van der Waals surface area contributed by atoms with Crippen molar-refractivity contribution in [1.29, 1.82) is 0 Å². The van der Waals surface area contributed by atoms with E-state index in [-0.39, 0.29) is 23.9 Å². The van der Waals surface area contributed by atoms with Crippen molar-refractivity contribution in [2.24, 2.45) is 0 Å². The van der Waals surface area contributed by atoms with Crippen molar-refractivity contribution < 1.29 is 13.2 Å². The summed E-state index contributed by atoms with van der Waals surface area (Å²) in [5.41, 5.74) is 0.232. The number of anilines is 1. The predicted molar refractivity (Wildman–Crippen MR) is 74.8 cm³/mol. The number of hydrogen-bond donors (Lipinski definition) is 1. The number of rotatable bonds is 1. The van der Waals surface area contributed by atoms with Gasteiger partial charge in [-0.1, -0.05) is 0 Å². The molecular weight excluding hydrogens is 300 g/mol. The summed E-state index contributed by atoms with van der Waals surface area (Å²) < 4.78 is 37.1. The molecule has 0 aliphatic carbocycles. The Hall–Kier alpha value is -0.650. The van der Waals surface area contributed by atoms with E-state index in [1.54, 1.807) is 0 Å². The van der Waals surface area contributed by atoms with Gasteiger partial charge in [0.05, 0.1) is 5.56 Å². The van der Waals surface area contributed by atoms with Crippen molar-refractivity contribution in [3.05, 3.63) is 29.8 Å². The molecule has 1 heterocycles.